The number of likely N-dealkylation sites (tertiary alicyclic amines) is 1. The lowest BCUT2D eigenvalue weighted by atomic mass is 10.1. The molecule has 1 fully saturated rings. The summed E-state index contributed by atoms with van der Waals surface area (Å²) in [6.07, 6.45) is 0.135. The Balaban J connectivity index is 1.47. The molecule has 3 amide bonds. The van der Waals surface area contributed by atoms with Crippen LogP contribution in [0, 0.1) is 11.8 Å². The van der Waals surface area contributed by atoms with Crippen LogP contribution < -0.4 is 15.6 Å². The summed E-state index contributed by atoms with van der Waals surface area (Å²) in [5.41, 5.74) is 6.27. The highest BCUT2D eigenvalue weighted by Crippen LogP contribution is 2.20. The number of amides is 3. The summed E-state index contributed by atoms with van der Waals surface area (Å²) in [4.78, 5) is 38.6. The fourth-order valence-electron chi connectivity index (χ4n) is 3.16. The van der Waals surface area contributed by atoms with E-state index in [1.54, 1.807) is 29.2 Å². The number of hydrogen-bond acceptors (Lipinski definition) is 4. The van der Waals surface area contributed by atoms with Crippen LogP contribution in [-0.2, 0) is 16.1 Å². The first-order valence-corrected chi connectivity index (χ1v) is 10.1. The van der Waals surface area contributed by atoms with Gasteiger partial charge in [0.15, 0.2) is 0 Å². The average molecular weight is 409 g/mol. The molecule has 2 aromatic carbocycles. The molecule has 0 saturated carbocycles. The maximum Gasteiger partial charge on any atom is 0.269 e. The molecule has 7 heteroatoms. The van der Waals surface area contributed by atoms with Crippen LogP contribution in [0.25, 0.3) is 0 Å². The van der Waals surface area contributed by atoms with Gasteiger partial charge in [-0.2, -0.15) is 0 Å². The zero-order valence-corrected chi connectivity index (χ0v) is 17.3. The van der Waals surface area contributed by atoms with E-state index in [1.807, 2.05) is 30.3 Å². The molecular weight excluding hydrogens is 382 g/mol. The van der Waals surface area contributed by atoms with E-state index in [0.717, 1.165) is 5.56 Å². The first-order chi connectivity index (χ1) is 14.4. The molecule has 7 nitrogen and oxygen atoms in total. The topological polar surface area (TPSA) is 87.7 Å². The minimum atomic E-state index is -0.492. The molecule has 1 aliphatic heterocycles. The van der Waals surface area contributed by atoms with E-state index in [2.05, 4.69) is 24.7 Å². The van der Waals surface area contributed by atoms with Gasteiger partial charge in [0.25, 0.3) is 5.91 Å². The zero-order valence-electron chi connectivity index (χ0n) is 17.3. The smallest absolute Gasteiger partial charge is 0.269 e. The first kappa shape index (κ1) is 21.4. The van der Waals surface area contributed by atoms with Crippen LogP contribution in [0.2, 0.25) is 0 Å². The van der Waals surface area contributed by atoms with Gasteiger partial charge < -0.3 is 9.64 Å². The number of nitrogens with one attached hydrogen (secondary N) is 2. The first-order valence-electron chi connectivity index (χ1n) is 10.1. The lowest BCUT2D eigenvalue weighted by molar-refractivity contribution is -0.129. The third-order valence-electron chi connectivity index (χ3n) is 4.80. The molecule has 1 saturated heterocycles. The molecule has 0 spiro atoms. The van der Waals surface area contributed by atoms with Crippen LogP contribution in [0.3, 0.4) is 0 Å². The van der Waals surface area contributed by atoms with Crippen LogP contribution in [-0.4, -0.2) is 35.8 Å². The van der Waals surface area contributed by atoms with E-state index in [1.165, 1.54) is 0 Å². The summed E-state index contributed by atoms with van der Waals surface area (Å²) in [5.74, 6) is -0.259. The van der Waals surface area contributed by atoms with Gasteiger partial charge in [-0.15, -0.1) is 0 Å². The molecule has 0 radical (unpaired) electrons. The van der Waals surface area contributed by atoms with Crippen molar-refractivity contribution < 1.29 is 19.1 Å². The molecule has 30 heavy (non-hydrogen) atoms. The molecule has 1 aliphatic rings. The summed E-state index contributed by atoms with van der Waals surface area (Å²) < 4.78 is 5.59. The molecule has 0 aliphatic carbocycles. The van der Waals surface area contributed by atoms with Gasteiger partial charge in [-0.05, 0) is 35.7 Å². The summed E-state index contributed by atoms with van der Waals surface area (Å²) in [5, 5.41) is 0. The quantitative estimate of drug-likeness (QED) is 0.688. The summed E-state index contributed by atoms with van der Waals surface area (Å²) in [7, 11) is 0. The number of carbonyl (C=O) groups is 3. The Labute approximate surface area is 176 Å². The summed E-state index contributed by atoms with van der Waals surface area (Å²) >= 11 is 0. The van der Waals surface area contributed by atoms with Gasteiger partial charge in [-0.1, -0.05) is 44.2 Å². The Morgan fingerprint density at radius 1 is 1.07 bits per heavy atom. The fourth-order valence-corrected chi connectivity index (χ4v) is 3.16. The number of hydrazine groups is 1. The standard InChI is InChI=1S/C23H27N3O4/c1-16(2)15-30-20-10-8-18(9-11-20)22(28)24-25-23(29)19-12-21(27)26(14-19)13-17-6-4-3-5-7-17/h3-11,16,19H,12-15H2,1-2H3,(H,24,28)(H,25,29). The Morgan fingerprint density at radius 3 is 2.43 bits per heavy atom. The van der Waals surface area contributed by atoms with Gasteiger partial charge in [0.1, 0.15) is 5.75 Å². The molecule has 0 bridgehead atoms. The van der Waals surface area contributed by atoms with Crippen molar-refractivity contribution in [3.8, 4) is 5.75 Å². The van der Waals surface area contributed by atoms with Crippen molar-refractivity contribution in [2.45, 2.75) is 26.8 Å². The van der Waals surface area contributed by atoms with E-state index in [0.29, 0.717) is 36.9 Å². The Kier molecular flexibility index (Phi) is 7.06. The van der Waals surface area contributed by atoms with Gasteiger partial charge in [0, 0.05) is 25.1 Å². The molecule has 1 heterocycles. The van der Waals surface area contributed by atoms with Crippen LogP contribution in [0.4, 0.5) is 0 Å². The lowest BCUT2D eigenvalue weighted by Crippen LogP contribution is -2.45. The molecule has 1 unspecified atom stereocenters. The van der Waals surface area contributed by atoms with Gasteiger partial charge >= 0.3 is 0 Å². The average Bonchev–Trinajstić information content (AvgIpc) is 3.11. The van der Waals surface area contributed by atoms with Gasteiger partial charge in [0.05, 0.1) is 12.5 Å². The summed E-state index contributed by atoms with van der Waals surface area (Å²) in [6, 6.07) is 16.3. The van der Waals surface area contributed by atoms with E-state index in [9.17, 15) is 14.4 Å². The normalized spacial score (nSPS) is 15.9. The Hall–Kier alpha value is -3.35. The highest BCUT2D eigenvalue weighted by Gasteiger charge is 2.34. The second kappa shape index (κ2) is 9.91. The lowest BCUT2D eigenvalue weighted by Gasteiger charge is -2.16. The Bertz CT molecular complexity index is 881. The van der Waals surface area contributed by atoms with Gasteiger partial charge in [-0.3, -0.25) is 25.2 Å². The van der Waals surface area contributed by atoms with Crippen molar-refractivity contribution in [2.24, 2.45) is 11.8 Å². The molecule has 2 aromatic rings. The minimum Gasteiger partial charge on any atom is -0.493 e. The van der Waals surface area contributed by atoms with E-state index < -0.39 is 11.8 Å². The van der Waals surface area contributed by atoms with Gasteiger partial charge in [0.2, 0.25) is 11.8 Å². The molecule has 0 aromatic heterocycles. The van der Waals surface area contributed by atoms with Crippen molar-refractivity contribution in [3.63, 3.8) is 0 Å². The fraction of sp³-hybridized carbons (Fsp3) is 0.348. The third-order valence-corrected chi connectivity index (χ3v) is 4.80. The largest absolute Gasteiger partial charge is 0.493 e. The second-order valence-corrected chi connectivity index (χ2v) is 7.83. The van der Waals surface area contributed by atoms with Gasteiger partial charge in [-0.25, -0.2) is 0 Å². The van der Waals surface area contributed by atoms with Crippen molar-refractivity contribution in [2.75, 3.05) is 13.2 Å². The maximum absolute atomic E-state index is 12.4. The minimum absolute atomic E-state index is 0.0673. The zero-order chi connectivity index (χ0) is 21.5. The number of ether oxygens (including phenoxy) is 1. The predicted octanol–water partition coefficient (Wildman–Crippen LogP) is 2.53. The van der Waals surface area contributed by atoms with Crippen LogP contribution in [0.15, 0.2) is 54.6 Å². The van der Waals surface area contributed by atoms with Crippen molar-refractivity contribution in [3.05, 3.63) is 65.7 Å². The highest BCUT2D eigenvalue weighted by atomic mass is 16.5. The third kappa shape index (κ3) is 5.83. The van der Waals surface area contributed by atoms with Crippen LogP contribution >= 0.6 is 0 Å². The highest BCUT2D eigenvalue weighted by molar-refractivity contribution is 5.96. The number of benzene rings is 2. The summed E-state index contributed by atoms with van der Waals surface area (Å²) in [6.45, 7) is 5.52. The molecular formula is C23H27N3O4. The molecule has 1 atom stereocenters. The number of hydrogen-bond donors (Lipinski definition) is 2. The van der Waals surface area contributed by atoms with E-state index in [4.69, 9.17) is 4.74 Å². The van der Waals surface area contributed by atoms with Crippen LogP contribution in [0.1, 0.15) is 36.2 Å². The Morgan fingerprint density at radius 2 is 1.77 bits per heavy atom. The second-order valence-electron chi connectivity index (χ2n) is 7.83. The molecule has 3 rings (SSSR count). The van der Waals surface area contributed by atoms with Crippen molar-refractivity contribution >= 4 is 17.7 Å². The van der Waals surface area contributed by atoms with Crippen molar-refractivity contribution in [1.29, 1.82) is 0 Å². The number of carbonyl (C=O) groups excluding carboxylic acids is 3. The molecule has 158 valence electrons. The van der Waals surface area contributed by atoms with Crippen molar-refractivity contribution in [1.82, 2.24) is 15.8 Å². The predicted molar refractivity (Wildman–Crippen MR) is 112 cm³/mol. The SMILES string of the molecule is CC(C)COc1ccc(C(=O)NNC(=O)C2CC(=O)N(Cc3ccccc3)C2)cc1. The number of nitrogens with zero attached hydrogens (tertiary/aromatic N) is 1. The molecule has 2 N–H and O–H groups in total. The monoisotopic (exact) mass is 409 g/mol. The van der Waals surface area contributed by atoms with E-state index >= 15 is 0 Å². The maximum atomic E-state index is 12.4. The van der Waals surface area contributed by atoms with Crippen LogP contribution in [0.5, 0.6) is 5.75 Å². The number of rotatable bonds is 7. The van der Waals surface area contributed by atoms with E-state index in [-0.39, 0.29) is 18.2 Å².